The van der Waals surface area contributed by atoms with Crippen LogP contribution in [0.5, 0.6) is 0 Å². The molecule has 0 aromatic rings. The van der Waals surface area contributed by atoms with Gasteiger partial charge in [0.25, 0.3) is 0 Å². The zero-order valence-electron chi connectivity index (χ0n) is 8.08. The van der Waals surface area contributed by atoms with Gasteiger partial charge in [-0.15, -0.1) is 0 Å². The van der Waals surface area contributed by atoms with E-state index in [0.29, 0.717) is 0 Å². The van der Waals surface area contributed by atoms with E-state index in [0.717, 1.165) is 36.0 Å². The predicted molar refractivity (Wildman–Crippen MR) is 50.8 cm³/mol. The highest BCUT2D eigenvalue weighted by Crippen LogP contribution is 2.57. The highest BCUT2D eigenvalue weighted by Gasteiger charge is 2.47. The Bertz CT molecular complexity index is 222. The first-order valence-corrected chi connectivity index (χ1v) is 5.73. The maximum Gasteiger partial charge on any atom is 0.0624 e. The molecule has 0 aromatic carbocycles. The molecule has 4 fully saturated rings. The summed E-state index contributed by atoms with van der Waals surface area (Å²) in [6.45, 7) is 0. The van der Waals surface area contributed by atoms with Gasteiger partial charge in [-0.1, -0.05) is 0 Å². The maximum atomic E-state index is 8.80. The quantitative estimate of drug-likeness (QED) is 0.601. The Kier molecular flexibility index (Phi) is 1.65. The monoisotopic (exact) mass is 175 g/mol. The van der Waals surface area contributed by atoms with Gasteiger partial charge in [0.2, 0.25) is 0 Å². The van der Waals surface area contributed by atoms with Crippen LogP contribution in [0.1, 0.15) is 38.5 Å². The van der Waals surface area contributed by atoms with Gasteiger partial charge in [0, 0.05) is 6.42 Å². The smallest absolute Gasteiger partial charge is 0.0624 e. The van der Waals surface area contributed by atoms with Crippen molar-refractivity contribution in [3.8, 4) is 6.07 Å². The number of nitriles is 1. The van der Waals surface area contributed by atoms with Crippen molar-refractivity contribution in [2.24, 2.45) is 29.6 Å². The molecule has 1 nitrogen and oxygen atoms in total. The van der Waals surface area contributed by atoms with Crippen molar-refractivity contribution in [3.63, 3.8) is 0 Å². The Balaban J connectivity index is 1.82. The van der Waals surface area contributed by atoms with Crippen LogP contribution in [0.15, 0.2) is 0 Å². The molecular weight excluding hydrogens is 158 g/mol. The van der Waals surface area contributed by atoms with Crippen LogP contribution in [0.4, 0.5) is 0 Å². The average molecular weight is 175 g/mol. The van der Waals surface area contributed by atoms with E-state index in [1.165, 1.54) is 32.1 Å². The van der Waals surface area contributed by atoms with Gasteiger partial charge in [0.1, 0.15) is 0 Å². The van der Waals surface area contributed by atoms with Crippen molar-refractivity contribution in [1.29, 1.82) is 5.26 Å². The van der Waals surface area contributed by atoms with Crippen molar-refractivity contribution in [3.05, 3.63) is 0 Å². The van der Waals surface area contributed by atoms with Gasteiger partial charge in [0.15, 0.2) is 0 Å². The topological polar surface area (TPSA) is 23.8 Å². The summed E-state index contributed by atoms with van der Waals surface area (Å²) in [5, 5.41) is 8.80. The summed E-state index contributed by atoms with van der Waals surface area (Å²) in [6, 6.07) is 2.40. The van der Waals surface area contributed by atoms with E-state index in [2.05, 4.69) is 6.07 Å². The molecule has 0 unspecified atom stereocenters. The van der Waals surface area contributed by atoms with Crippen LogP contribution in [0.25, 0.3) is 0 Å². The molecule has 0 spiro atoms. The van der Waals surface area contributed by atoms with Gasteiger partial charge in [-0.05, 0) is 61.7 Å². The number of rotatable bonds is 1. The second-order valence-corrected chi connectivity index (χ2v) is 5.46. The van der Waals surface area contributed by atoms with Crippen LogP contribution in [0.2, 0.25) is 0 Å². The third-order valence-electron chi connectivity index (χ3n) is 4.75. The van der Waals surface area contributed by atoms with Gasteiger partial charge >= 0.3 is 0 Å². The Morgan fingerprint density at radius 1 is 0.923 bits per heavy atom. The fourth-order valence-electron chi connectivity index (χ4n) is 4.48. The summed E-state index contributed by atoms with van der Waals surface area (Å²) in [5.74, 6) is 4.78. The molecule has 0 amide bonds. The van der Waals surface area contributed by atoms with Gasteiger partial charge < -0.3 is 0 Å². The lowest BCUT2D eigenvalue weighted by molar-refractivity contribution is -0.0342. The van der Waals surface area contributed by atoms with E-state index < -0.39 is 0 Å². The molecular formula is C12H17N. The minimum atomic E-state index is 0.790. The maximum absolute atomic E-state index is 8.80. The molecule has 4 aliphatic rings. The Morgan fingerprint density at radius 2 is 1.46 bits per heavy atom. The molecule has 4 bridgehead atoms. The van der Waals surface area contributed by atoms with Crippen LogP contribution in [0, 0.1) is 40.9 Å². The normalized spacial score (nSPS) is 52.1. The second-order valence-electron chi connectivity index (χ2n) is 5.46. The van der Waals surface area contributed by atoms with Crippen molar-refractivity contribution in [2.45, 2.75) is 38.5 Å². The van der Waals surface area contributed by atoms with Crippen molar-refractivity contribution in [1.82, 2.24) is 0 Å². The van der Waals surface area contributed by atoms with E-state index in [9.17, 15) is 0 Å². The van der Waals surface area contributed by atoms with Gasteiger partial charge in [-0.2, -0.15) is 5.26 Å². The highest BCUT2D eigenvalue weighted by atomic mass is 14.5. The SMILES string of the molecule is N#CCC1C2CC3CC(C2)CC1C3. The van der Waals surface area contributed by atoms with Crippen LogP contribution in [0.3, 0.4) is 0 Å². The molecule has 13 heavy (non-hydrogen) atoms. The molecule has 0 aromatic heterocycles. The van der Waals surface area contributed by atoms with Crippen LogP contribution >= 0.6 is 0 Å². The molecule has 0 saturated heterocycles. The molecule has 4 aliphatic carbocycles. The third kappa shape index (κ3) is 1.11. The summed E-state index contributed by atoms with van der Waals surface area (Å²) in [6.07, 6.45) is 8.19. The van der Waals surface area contributed by atoms with Crippen molar-refractivity contribution >= 4 is 0 Å². The standard InChI is InChI=1S/C12H17N/c13-2-1-12-10-4-8-3-9(6-10)7-11(12)5-8/h8-12H,1,3-7H2. The van der Waals surface area contributed by atoms with Crippen LogP contribution in [-0.2, 0) is 0 Å². The summed E-state index contributed by atoms with van der Waals surface area (Å²) in [4.78, 5) is 0. The van der Waals surface area contributed by atoms with Crippen LogP contribution in [-0.4, -0.2) is 0 Å². The van der Waals surface area contributed by atoms with Gasteiger partial charge in [-0.25, -0.2) is 0 Å². The molecule has 0 radical (unpaired) electrons. The number of hydrogen-bond donors (Lipinski definition) is 0. The second kappa shape index (κ2) is 2.74. The largest absolute Gasteiger partial charge is 0.198 e. The minimum Gasteiger partial charge on any atom is -0.198 e. The summed E-state index contributed by atoms with van der Waals surface area (Å²) in [5.41, 5.74) is 0. The Labute approximate surface area is 80.1 Å². The van der Waals surface area contributed by atoms with Crippen molar-refractivity contribution < 1.29 is 0 Å². The van der Waals surface area contributed by atoms with Gasteiger partial charge in [-0.3, -0.25) is 0 Å². The molecule has 4 saturated carbocycles. The molecule has 70 valence electrons. The first kappa shape index (κ1) is 7.85. The van der Waals surface area contributed by atoms with E-state index in [4.69, 9.17) is 5.26 Å². The third-order valence-corrected chi connectivity index (χ3v) is 4.75. The molecule has 0 aliphatic heterocycles. The summed E-state index contributed by atoms with van der Waals surface area (Å²) in [7, 11) is 0. The van der Waals surface area contributed by atoms with E-state index in [1.807, 2.05) is 0 Å². The predicted octanol–water partition coefficient (Wildman–Crippen LogP) is 2.97. The number of nitrogens with zero attached hydrogens (tertiary/aromatic N) is 1. The van der Waals surface area contributed by atoms with E-state index in [1.54, 1.807) is 0 Å². The number of hydrogen-bond acceptors (Lipinski definition) is 1. The molecule has 1 heteroatoms. The van der Waals surface area contributed by atoms with Crippen molar-refractivity contribution in [2.75, 3.05) is 0 Å². The molecule has 0 heterocycles. The Hall–Kier alpha value is -0.510. The fraction of sp³-hybridized carbons (Fsp3) is 0.917. The minimum absolute atomic E-state index is 0.790. The first-order chi connectivity index (χ1) is 6.36. The summed E-state index contributed by atoms with van der Waals surface area (Å²) >= 11 is 0. The molecule has 0 N–H and O–H groups in total. The zero-order chi connectivity index (χ0) is 8.84. The Morgan fingerprint density at radius 3 is 1.92 bits per heavy atom. The molecule has 0 atom stereocenters. The van der Waals surface area contributed by atoms with E-state index >= 15 is 0 Å². The average Bonchev–Trinajstić information content (AvgIpc) is 2.10. The van der Waals surface area contributed by atoms with Gasteiger partial charge in [0.05, 0.1) is 6.07 Å². The zero-order valence-corrected chi connectivity index (χ0v) is 8.08. The van der Waals surface area contributed by atoms with Crippen LogP contribution < -0.4 is 0 Å². The van der Waals surface area contributed by atoms with E-state index in [-0.39, 0.29) is 0 Å². The lowest BCUT2D eigenvalue weighted by atomic mass is 9.51. The summed E-state index contributed by atoms with van der Waals surface area (Å²) < 4.78 is 0. The highest BCUT2D eigenvalue weighted by molar-refractivity contribution is 5.00. The lowest BCUT2D eigenvalue weighted by Gasteiger charge is -2.54. The first-order valence-electron chi connectivity index (χ1n) is 5.73. The molecule has 4 rings (SSSR count). The lowest BCUT2D eigenvalue weighted by Crippen LogP contribution is -2.44. The fourth-order valence-corrected chi connectivity index (χ4v) is 4.48.